The zero-order valence-electron chi connectivity index (χ0n) is 17.9. The number of aryl methyl sites for hydroxylation is 1. The van der Waals surface area contributed by atoms with Gasteiger partial charge in [-0.3, -0.25) is 9.59 Å². The quantitative estimate of drug-likeness (QED) is 0.650. The Labute approximate surface area is 191 Å². The fourth-order valence-electron chi connectivity index (χ4n) is 3.97. The molecule has 0 aliphatic carbocycles. The topological polar surface area (TPSA) is 113 Å². The van der Waals surface area contributed by atoms with Crippen LogP contribution in [0.2, 0.25) is 0 Å². The van der Waals surface area contributed by atoms with Gasteiger partial charge in [-0.15, -0.1) is 11.8 Å². The minimum atomic E-state index is -3.50. The molecule has 4 rings (SSSR count). The van der Waals surface area contributed by atoms with Crippen LogP contribution in [-0.2, 0) is 26.0 Å². The first-order chi connectivity index (χ1) is 15.3. The van der Waals surface area contributed by atoms with E-state index >= 15 is 0 Å². The zero-order valence-corrected chi connectivity index (χ0v) is 19.5. The van der Waals surface area contributed by atoms with E-state index in [0.29, 0.717) is 42.5 Å². The third-order valence-electron chi connectivity index (χ3n) is 5.55. The van der Waals surface area contributed by atoms with Crippen molar-refractivity contribution in [3.63, 3.8) is 0 Å². The lowest BCUT2D eigenvalue weighted by Crippen LogP contribution is -2.35. The third kappa shape index (κ3) is 5.00. The highest BCUT2D eigenvalue weighted by molar-refractivity contribution is 8.00. The molecule has 0 saturated carbocycles. The molecule has 2 amide bonds. The van der Waals surface area contributed by atoms with Gasteiger partial charge in [0, 0.05) is 31.4 Å². The van der Waals surface area contributed by atoms with Crippen LogP contribution in [-0.4, -0.2) is 60.8 Å². The number of nitrogens with zero attached hydrogens (tertiary/aromatic N) is 3. The van der Waals surface area contributed by atoms with Crippen LogP contribution >= 0.6 is 11.8 Å². The van der Waals surface area contributed by atoms with Crippen LogP contribution in [0, 0.1) is 6.92 Å². The fraction of sp³-hybridized carbons (Fsp3) is 0.476. The highest BCUT2D eigenvalue weighted by Gasteiger charge is 2.30. The summed E-state index contributed by atoms with van der Waals surface area (Å²) in [5.74, 6) is 0.853. The van der Waals surface area contributed by atoms with Gasteiger partial charge in [0.2, 0.25) is 21.8 Å². The summed E-state index contributed by atoms with van der Waals surface area (Å²) in [6, 6.07) is 6.64. The standard InChI is InChI=1S/C21H26N4O5S2/c1-15-11-19(23-30-15)22-20(26)13-31-14-21(27)25-10-7-16-12-17(5-6-18(16)25)32(28,29)24-8-3-2-4-9-24/h5-6,11-12H,2-4,7-10,13-14H2,1H3,(H,22,23,26). The van der Waals surface area contributed by atoms with Crippen molar-refractivity contribution >= 4 is 45.1 Å². The number of carbonyl (C=O) groups excluding carboxylic acids is 2. The van der Waals surface area contributed by atoms with Crippen molar-refractivity contribution in [2.24, 2.45) is 0 Å². The molecule has 2 aliphatic rings. The smallest absolute Gasteiger partial charge is 0.243 e. The van der Waals surface area contributed by atoms with Crippen LogP contribution in [0.5, 0.6) is 0 Å². The maximum Gasteiger partial charge on any atom is 0.243 e. The molecule has 0 unspecified atom stereocenters. The van der Waals surface area contributed by atoms with Crippen molar-refractivity contribution in [1.82, 2.24) is 9.46 Å². The monoisotopic (exact) mass is 478 g/mol. The van der Waals surface area contributed by atoms with Gasteiger partial charge in [0.05, 0.1) is 16.4 Å². The maximum atomic E-state index is 12.9. The number of nitrogens with one attached hydrogen (secondary N) is 1. The van der Waals surface area contributed by atoms with E-state index in [-0.39, 0.29) is 23.3 Å². The van der Waals surface area contributed by atoms with Crippen LogP contribution in [0.3, 0.4) is 0 Å². The molecule has 0 atom stereocenters. The van der Waals surface area contributed by atoms with Gasteiger partial charge in [-0.2, -0.15) is 4.31 Å². The van der Waals surface area contributed by atoms with Crippen molar-refractivity contribution in [2.45, 2.75) is 37.5 Å². The van der Waals surface area contributed by atoms with E-state index in [9.17, 15) is 18.0 Å². The summed E-state index contributed by atoms with van der Waals surface area (Å²) >= 11 is 1.22. The van der Waals surface area contributed by atoms with Gasteiger partial charge in [0.25, 0.3) is 0 Å². The van der Waals surface area contributed by atoms with E-state index in [4.69, 9.17) is 4.52 Å². The average Bonchev–Trinajstić information content (AvgIpc) is 3.39. The molecular formula is C21H26N4O5S2. The first-order valence-corrected chi connectivity index (χ1v) is 13.2. The molecule has 11 heteroatoms. The molecular weight excluding hydrogens is 452 g/mol. The second-order valence-electron chi connectivity index (χ2n) is 7.91. The van der Waals surface area contributed by atoms with E-state index in [1.54, 1.807) is 40.4 Å². The molecule has 1 fully saturated rings. The first-order valence-electron chi connectivity index (χ1n) is 10.6. The molecule has 0 bridgehead atoms. The van der Waals surface area contributed by atoms with Gasteiger partial charge >= 0.3 is 0 Å². The Morgan fingerprint density at radius 2 is 1.91 bits per heavy atom. The van der Waals surface area contributed by atoms with E-state index in [2.05, 4.69) is 10.5 Å². The van der Waals surface area contributed by atoms with E-state index in [1.807, 2.05) is 0 Å². The molecule has 2 aliphatic heterocycles. The van der Waals surface area contributed by atoms with E-state index < -0.39 is 10.0 Å². The minimum Gasteiger partial charge on any atom is -0.360 e. The first kappa shape index (κ1) is 22.8. The largest absolute Gasteiger partial charge is 0.360 e. The van der Waals surface area contributed by atoms with Crippen LogP contribution in [0.1, 0.15) is 30.6 Å². The van der Waals surface area contributed by atoms with Crippen LogP contribution in [0.4, 0.5) is 11.5 Å². The Hall–Kier alpha value is -2.37. The predicted octanol–water partition coefficient (Wildman–Crippen LogP) is 2.42. The third-order valence-corrected chi connectivity index (χ3v) is 8.37. The summed E-state index contributed by atoms with van der Waals surface area (Å²) in [7, 11) is -3.50. The summed E-state index contributed by atoms with van der Waals surface area (Å²) in [6.45, 7) is 3.36. The van der Waals surface area contributed by atoms with Crippen LogP contribution < -0.4 is 10.2 Å². The summed E-state index contributed by atoms with van der Waals surface area (Å²) in [5.41, 5.74) is 1.61. The number of sulfonamides is 1. The van der Waals surface area contributed by atoms with Gasteiger partial charge in [-0.1, -0.05) is 11.6 Å². The summed E-state index contributed by atoms with van der Waals surface area (Å²) in [6.07, 6.45) is 3.45. The van der Waals surface area contributed by atoms with Gasteiger partial charge in [-0.25, -0.2) is 8.42 Å². The maximum absolute atomic E-state index is 12.9. The molecule has 0 radical (unpaired) electrons. The lowest BCUT2D eigenvalue weighted by molar-refractivity contribution is -0.116. The summed E-state index contributed by atoms with van der Waals surface area (Å²) in [4.78, 5) is 26.6. The molecule has 1 N–H and O–H groups in total. The molecule has 0 spiro atoms. The predicted molar refractivity (Wildman–Crippen MR) is 122 cm³/mol. The number of aromatic nitrogens is 1. The zero-order chi connectivity index (χ0) is 22.7. The SMILES string of the molecule is Cc1cc(NC(=O)CSCC(=O)N2CCc3cc(S(=O)(=O)N4CCCCC4)ccc32)no1. The van der Waals surface area contributed by atoms with E-state index in [0.717, 1.165) is 30.5 Å². The molecule has 172 valence electrons. The molecule has 9 nitrogen and oxygen atoms in total. The van der Waals surface area contributed by atoms with E-state index in [1.165, 1.54) is 11.8 Å². The molecule has 1 aromatic carbocycles. The van der Waals surface area contributed by atoms with Crippen molar-refractivity contribution < 1.29 is 22.5 Å². The average molecular weight is 479 g/mol. The van der Waals surface area contributed by atoms with Gasteiger partial charge in [-0.05, 0) is 49.9 Å². The highest BCUT2D eigenvalue weighted by Crippen LogP contribution is 2.32. The molecule has 1 aromatic heterocycles. The van der Waals surface area contributed by atoms with Gasteiger partial charge < -0.3 is 14.7 Å². The number of amides is 2. The van der Waals surface area contributed by atoms with Crippen LogP contribution in [0.25, 0.3) is 0 Å². The lowest BCUT2D eigenvalue weighted by Gasteiger charge is -2.26. The normalized spacial score (nSPS) is 16.7. The Balaban J connectivity index is 1.33. The van der Waals surface area contributed by atoms with Gasteiger partial charge in [0.15, 0.2) is 5.82 Å². The second-order valence-corrected chi connectivity index (χ2v) is 10.8. The number of piperidine rings is 1. The Kier molecular flexibility index (Phi) is 6.87. The molecule has 2 aromatic rings. The summed E-state index contributed by atoms with van der Waals surface area (Å²) in [5, 5.41) is 6.32. The molecule has 1 saturated heterocycles. The number of anilines is 2. The number of rotatable bonds is 7. The highest BCUT2D eigenvalue weighted by atomic mass is 32.2. The number of thioether (sulfide) groups is 1. The summed E-state index contributed by atoms with van der Waals surface area (Å²) < 4.78 is 32.3. The number of hydrogen-bond acceptors (Lipinski definition) is 7. The minimum absolute atomic E-state index is 0.106. The van der Waals surface area contributed by atoms with Crippen molar-refractivity contribution in [1.29, 1.82) is 0 Å². The Bertz CT molecular complexity index is 1110. The van der Waals surface area contributed by atoms with Crippen molar-refractivity contribution in [2.75, 3.05) is 41.4 Å². The molecule has 32 heavy (non-hydrogen) atoms. The Morgan fingerprint density at radius 1 is 1.12 bits per heavy atom. The number of benzene rings is 1. The Morgan fingerprint density at radius 3 is 2.62 bits per heavy atom. The second kappa shape index (κ2) is 9.63. The lowest BCUT2D eigenvalue weighted by atomic mass is 10.2. The van der Waals surface area contributed by atoms with Crippen molar-refractivity contribution in [3.8, 4) is 0 Å². The van der Waals surface area contributed by atoms with Crippen LogP contribution in [0.15, 0.2) is 33.7 Å². The van der Waals surface area contributed by atoms with Crippen molar-refractivity contribution in [3.05, 3.63) is 35.6 Å². The number of hydrogen-bond donors (Lipinski definition) is 1. The van der Waals surface area contributed by atoms with Gasteiger partial charge in [0.1, 0.15) is 5.76 Å². The fourth-order valence-corrected chi connectivity index (χ4v) is 6.22. The number of fused-ring (bicyclic) bond motifs is 1. The number of carbonyl (C=O) groups is 2. The molecule has 3 heterocycles.